The number of para-hydroxylation sites is 1. The smallest absolute Gasteiger partial charge is 0.146 e. The van der Waals surface area contributed by atoms with E-state index in [1.165, 1.54) is 18.5 Å². The number of rotatable bonds is 4. The number of aliphatic hydroxyl groups is 2. The van der Waals surface area contributed by atoms with Crippen LogP contribution in [0.1, 0.15) is 13.3 Å². The summed E-state index contributed by atoms with van der Waals surface area (Å²) in [6, 6.07) is 16.1. The number of hydrogen-bond acceptors (Lipinski definition) is 5. The topological polar surface area (TPSA) is 83.2 Å². The Balaban J connectivity index is 1.58. The average Bonchev–Trinajstić information content (AvgIpc) is 3.39. The van der Waals surface area contributed by atoms with Crippen LogP contribution in [-0.4, -0.2) is 37.0 Å². The number of nitrogens with one attached hydrogen (secondary N) is 1. The van der Waals surface area contributed by atoms with Crippen LogP contribution in [0.5, 0.6) is 0 Å². The van der Waals surface area contributed by atoms with Gasteiger partial charge in [-0.2, -0.15) is 0 Å². The molecule has 32 heavy (non-hydrogen) atoms. The molecular formula is C25H23FN4O2. The lowest BCUT2D eigenvalue weighted by Crippen LogP contribution is -2.37. The highest BCUT2D eigenvalue weighted by Gasteiger charge is 2.71. The van der Waals surface area contributed by atoms with Crippen LogP contribution < -0.4 is 5.32 Å². The highest BCUT2D eigenvalue weighted by atomic mass is 19.1. The van der Waals surface area contributed by atoms with E-state index in [-0.39, 0.29) is 17.7 Å². The third-order valence-corrected chi connectivity index (χ3v) is 7.26. The molecule has 2 aliphatic rings. The second kappa shape index (κ2) is 6.85. The molecule has 2 heterocycles. The Bertz CT molecular complexity index is 1310. The second-order valence-corrected chi connectivity index (χ2v) is 8.93. The quantitative estimate of drug-likeness (QED) is 0.455. The maximum Gasteiger partial charge on any atom is 0.146 e. The third kappa shape index (κ3) is 2.64. The van der Waals surface area contributed by atoms with Gasteiger partial charge < -0.3 is 20.1 Å². The van der Waals surface area contributed by atoms with Crippen LogP contribution in [0.15, 0.2) is 67.1 Å². The van der Waals surface area contributed by atoms with Gasteiger partial charge in [0.25, 0.3) is 0 Å². The summed E-state index contributed by atoms with van der Waals surface area (Å²) in [5, 5.41) is 25.7. The molecule has 2 saturated carbocycles. The Morgan fingerprint density at radius 3 is 2.50 bits per heavy atom. The summed E-state index contributed by atoms with van der Waals surface area (Å²) in [6.07, 6.45) is 2.61. The highest BCUT2D eigenvalue weighted by Crippen LogP contribution is 2.65. The van der Waals surface area contributed by atoms with Gasteiger partial charge in [0.05, 0.1) is 17.0 Å². The van der Waals surface area contributed by atoms with E-state index >= 15 is 0 Å². The van der Waals surface area contributed by atoms with E-state index in [9.17, 15) is 14.6 Å². The number of anilines is 2. The monoisotopic (exact) mass is 430 g/mol. The van der Waals surface area contributed by atoms with E-state index in [2.05, 4.69) is 15.3 Å². The Morgan fingerprint density at radius 1 is 1.06 bits per heavy atom. The molecular weight excluding hydrogens is 407 g/mol. The summed E-state index contributed by atoms with van der Waals surface area (Å²) in [5.74, 6) is 0.500. The molecule has 3 N–H and O–H groups in total. The maximum absolute atomic E-state index is 13.6. The van der Waals surface area contributed by atoms with E-state index in [0.29, 0.717) is 11.5 Å². The normalized spacial score (nSPS) is 28.6. The molecule has 0 radical (unpaired) electrons. The van der Waals surface area contributed by atoms with Crippen molar-refractivity contribution in [3.05, 3.63) is 72.9 Å². The highest BCUT2D eigenvalue weighted by molar-refractivity contribution is 6.02. The van der Waals surface area contributed by atoms with Crippen molar-refractivity contribution >= 4 is 22.5 Å². The molecule has 6 nitrogen and oxygen atoms in total. The van der Waals surface area contributed by atoms with E-state index in [1.54, 1.807) is 12.1 Å². The van der Waals surface area contributed by atoms with Gasteiger partial charge in [0, 0.05) is 17.4 Å². The first-order valence-electron chi connectivity index (χ1n) is 10.8. The van der Waals surface area contributed by atoms with E-state index < -0.39 is 17.7 Å². The van der Waals surface area contributed by atoms with Gasteiger partial charge in [0.2, 0.25) is 0 Å². The fourth-order valence-electron chi connectivity index (χ4n) is 5.50. The van der Waals surface area contributed by atoms with Crippen molar-refractivity contribution in [2.75, 3.05) is 5.32 Å². The van der Waals surface area contributed by atoms with Gasteiger partial charge in [0.15, 0.2) is 0 Å². The summed E-state index contributed by atoms with van der Waals surface area (Å²) < 4.78 is 15.7. The van der Waals surface area contributed by atoms with Crippen LogP contribution in [0, 0.1) is 17.7 Å². The van der Waals surface area contributed by atoms with Gasteiger partial charge in [-0.25, -0.2) is 14.4 Å². The molecule has 162 valence electrons. The zero-order chi connectivity index (χ0) is 22.0. The molecule has 0 amide bonds. The minimum absolute atomic E-state index is 0.000438. The molecule has 2 fully saturated rings. The SMILES string of the molecule is C[C@@H]1C(O)C(O)[C@@]2(n3cc(-c4ccc(F)cc4)c4c(Nc5ccccc5)ncnc43)C[C@@H]12. The molecule has 5 atom stereocenters. The van der Waals surface area contributed by atoms with Gasteiger partial charge >= 0.3 is 0 Å². The minimum Gasteiger partial charge on any atom is -0.390 e. The Kier molecular flexibility index (Phi) is 4.15. The van der Waals surface area contributed by atoms with Gasteiger partial charge in [-0.05, 0) is 48.1 Å². The molecule has 0 spiro atoms. The molecule has 0 aliphatic heterocycles. The van der Waals surface area contributed by atoms with Crippen LogP contribution in [0.2, 0.25) is 0 Å². The number of fused-ring (bicyclic) bond motifs is 2. The fourth-order valence-corrected chi connectivity index (χ4v) is 5.50. The van der Waals surface area contributed by atoms with Crippen molar-refractivity contribution in [1.29, 1.82) is 0 Å². The van der Waals surface area contributed by atoms with Crippen molar-refractivity contribution in [2.45, 2.75) is 31.1 Å². The summed E-state index contributed by atoms with van der Waals surface area (Å²) in [5.41, 5.74) is 2.66. The number of nitrogens with zero attached hydrogens (tertiary/aromatic N) is 3. The maximum atomic E-state index is 13.6. The number of hydrogen-bond donors (Lipinski definition) is 3. The zero-order valence-electron chi connectivity index (χ0n) is 17.5. The molecule has 0 bridgehead atoms. The van der Waals surface area contributed by atoms with Crippen molar-refractivity contribution in [1.82, 2.24) is 14.5 Å². The fraction of sp³-hybridized carbons (Fsp3) is 0.280. The standard InChI is InChI=1S/C25H23FN4O2/c1-14-19-11-25(19,22(32)21(14)31)30-12-18(15-7-9-16(26)10-8-15)20-23(27-13-28-24(20)30)29-17-5-3-2-4-6-17/h2-10,12-14,19,21-22,31-32H,11H2,1H3,(H,27,28,29)/t14-,19-,21?,22?,25+/m0/s1. The van der Waals surface area contributed by atoms with E-state index in [1.807, 2.05) is 48.0 Å². The second-order valence-electron chi connectivity index (χ2n) is 8.93. The summed E-state index contributed by atoms with van der Waals surface area (Å²) in [6.45, 7) is 1.98. The molecule has 6 rings (SSSR count). The largest absolute Gasteiger partial charge is 0.390 e. The van der Waals surface area contributed by atoms with Crippen molar-refractivity contribution in [3.8, 4) is 11.1 Å². The first kappa shape index (κ1) is 19.4. The number of benzene rings is 2. The van der Waals surface area contributed by atoms with E-state index in [0.717, 1.165) is 28.6 Å². The first-order valence-corrected chi connectivity index (χ1v) is 10.8. The van der Waals surface area contributed by atoms with Crippen LogP contribution in [-0.2, 0) is 5.54 Å². The number of halogens is 1. The van der Waals surface area contributed by atoms with Crippen LogP contribution in [0.4, 0.5) is 15.9 Å². The van der Waals surface area contributed by atoms with Gasteiger partial charge in [-0.3, -0.25) is 0 Å². The predicted molar refractivity (Wildman–Crippen MR) is 120 cm³/mol. The third-order valence-electron chi connectivity index (χ3n) is 7.26. The Labute approximate surface area is 184 Å². The van der Waals surface area contributed by atoms with Gasteiger partial charge in [0.1, 0.15) is 29.7 Å². The zero-order valence-corrected chi connectivity index (χ0v) is 17.5. The van der Waals surface area contributed by atoms with Crippen LogP contribution in [0.3, 0.4) is 0 Å². The molecule has 4 aromatic rings. The molecule has 7 heteroatoms. The van der Waals surface area contributed by atoms with E-state index in [4.69, 9.17) is 0 Å². The lowest BCUT2D eigenvalue weighted by molar-refractivity contribution is -0.0138. The Hall–Kier alpha value is -3.29. The summed E-state index contributed by atoms with van der Waals surface area (Å²) >= 11 is 0. The lowest BCUT2D eigenvalue weighted by atomic mass is 10.0. The van der Waals surface area contributed by atoms with Crippen molar-refractivity contribution in [3.63, 3.8) is 0 Å². The molecule has 2 aromatic heterocycles. The Morgan fingerprint density at radius 2 is 1.81 bits per heavy atom. The first-order chi connectivity index (χ1) is 15.5. The van der Waals surface area contributed by atoms with Gasteiger partial charge in [-0.15, -0.1) is 0 Å². The van der Waals surface area contributed by atoms with Crippen molar-refractivity contribution < 1.29 is 14.6 Å². The lowest BCUT2D eigenvalue weighted by Gasteiger charge is -2.24. The summed E-state index contributed by atoms with van der Waals surface area (Å²) in [7, 11) is 0. The molecule has 2 aromatic carbocycles. The average molecular weight is 430 g/mol. The van der Waals surface area contributed by atoms with Gasteiger partial charge in [-0.1, -0.05) is 37.3 Å². The molecule has 2 unspecified atom stereocenters. The van der Waals surface area contributed by atoms with Crippen molar-refractivity contribution in [2.24, 2.45) is 11.8 Å². The van der Waals surface area contributed by atoms with Crippen LogP contribution >= 0.6 is 0 Å². The molecule has 2 aliphatic carbocycles. The predicted octanol–water partition coefficient (Wildman–Crippen LogP) is 4.07. The number of aromatic nitrogens is 3. The number of aliphatic hydroxyl groups excluding tert-OH is 2. The minimum atomic E-state index is -0.875. The summed E-state index contributed by atoms with van der Waals surface area (Å²) in [4.78, 5) is 9.10. The van der Waals surface area contributed by atoms with Crippen LogP contribution in [0.25, 0.3) is 22.2 Å². The molecule has 0 saturated heterocycles.